The minimum atomic E-state index is -0.309. The van der Waals surface area contributed by atoms with Crippen LogP contribution in [0.25, 0.3) is 0 Å². The summed E-state index contributed by atoms with van der Waals surface area (Å²) < 4.78 is 13.8. The van der Waals surface area contributed by atoms with Gasteiger partial charge in [0.1, 0.15) is 5.82 Å². The Balaban J connectivity index is 1.69. The molecule has 2 fully saturated rings. The highest BCUT2D eigenvalue weighted by molar-refractivity contribution is 5.32. The molecule has 1 N–H and O–H groups in total. The first kappa shape index (κ1) is 12.6. The zero-order valence-electron chi connectivity index (χ0n) is 10.7. The molecule has 0 radical (unpaired) electrons. The molecule has 3 atom stereocenters. The molecule has 3 rings (SSSR count). The van der Waals surface area contributed by atoms with Gasteiger partial charge in [-0.1, -0.05) is 6.07 Å². The summed E-state index contributed by atoms with van der Waals surface area (Å²) >= 11 is 0. The molecule has 4 heteroatoms. The Morgan fingerprint density at radius 2 is 2.21 bits per heavy atom. The van der Waals surface area contributed by atoms with Crippen LogP contribution in [0.1, 0.15) is 24.0 Å². The second kappa shape index (κ2) is 4.92. The van der Waals surface area contributed by atoms with E-state index in [0.717, 1.165) is 25.9 Å². The highest BCUT2D eigenvalue weighted by Crippen LogP contribution is 2.38. The lowest BCUT2D eigenvalue weighted by molar-refractivity contribution is 0.123. The lowest BCUT2D eigenvalue weighted by Gasteiger charge is -2.18. The van der Waals surface area contributed by atoms with Crippen LogP contribution in [-0.4, -0.2) is 29.2 Å². The molecule has 3 unspecified atom stereocenters. The van der Waals surface area contributed by atoms with Crippen molar-refractivity contribution in [1.82, 2.24) is 4.90 Å². The van der Waals surface area contributed by atoms with Gasteiger partial charge in [0.15, 0.2) is 0 Å². The molecule has 100 valence electrons. The van der Waals surface area contributed by atoms with Crippen molar-refractivity contribution in [1.29, 1.82) is 5.26 Å². The molecule has 1 aliphatic heterocycles. The van der Waals surface area contributed by atoms with Crippen LogP contribution in [-0.2, 0) is 6.54 Å². The fourth-order valence-corrected chi connectivity index (χ4v) is 3.44. The number of fused-ring (bicyclic) bond motifs is 1. The average molecular weight is 260 g/mol. The molecule has 19 heavy (non-hydrogen) atoms. The van der Waals surface area contributed by atoms with Crippen LogP contribution < -0.4 is 0 Å². The minimum absolute atomic E-state index is 0.180. The summed E-state index contributed by atoms with van der Waals surface area (Å²) in [6.45, 7) is 2.36. The summed E-state index contributed by atoms with van der Waals surface area (Å²) in [5.74, 6) is 0.620. The highest BCUT2D eigenvalue weighted by Gasteiger charge is 2.41. The van der Waals surface area contributed by atoms with Gasteiger partial charge in [0.2, 0.25) is 0 Å². The fraction of sp³-hybridized carbons (Fsp3) is 0.533. The van der Waals surface area contributed by atoms with Gasteiger partial charge in [-0.15, -0.1) is 0 Å². The Hall–Kier alpha value is -1.44. The van der Waals surface area contributed by atoms with Crippen LogP contribution in [0.4, 0.5) is 4.39 Å². The van der Waals surface area contributed by atoms with Gasteiger partial charge < -0.3 is 5.11 Å². The summed E-state index contributed by atoms with van der Waals surface area (Å²) in [7, 11) is 0. The first-order chi connectivity index (χ1) is 9.17. The zero-order valence-corrected chi connectivity index (χ0v) is 10.7. The maximum absolute atomic E-state index is 13.8. The predicted octanol–water partition coefficient (Wildman–Crippen LogP) is 1.90. The van der Waals surface area contributed by atoms with Crippen LogP contribution in [0.2, 0.25) is 0 Å². The van der Waals surface area contributed by atoms with E-state index in [9.17, 15) is 9.50 Å². The van der Waals surface area contributed by atoms with E-state index < -0.39 is 0 Å². The van der Waals surface area contributed by atoms with E-state index in [1.54, 1.807) is 12.1 Å². The number of likely N-dealkylation sites (tertiary alicyclic amines) is 1. The Morgan fingerprint density at radius 1 is 1.37 bits per heavy atom. The second-order valence-corrected chi connectivity index (χ2v) is 5.68. The Morgan fingerprint density at radius 3 is 2.89 bits per heavy atom. The largest absolute Gasteiger partial charge is 0.393 e. The maximum Gasteiger partial charge on any atom is 0.129 e. The highest BCUT2D eigenvalue weighted by atomic mass is 19.1. The SMILES string of the molecule is N#Cc1ccc(CN2CC3CCC(O)C3C2)c(F)c1. The summed E-state index contributed by atoms with van der Waals surface area (Å²) in [4.78, 5) is 2.21. The minimum Gasteiger partial charge on any atom is -0.393 e. The van der Waals surface area contributed by atoms with Crippen molar-refractivity contribution >= 4 is 0 Å². The van der Waals surface area contributed by atoms with Crippen molar-refractivity contribution in [3.8, 4) is 6.07 Å². The first-order valence-electron chi connectivity index (χ1n) is 6.76. The van der Waals surface area contributed by atoms with Crippen LogP contribution >= 0.6 is 0 Å². The lowest BCUT2D eigenvalue weighted by Crippen LogP contribution is -2.24. The van der Waals surface area contributed by atoms with E-state index in [1.807, 2.05) is 6.07 Å². The zero-order chi connectivity index (χ0) is 13.4. The number of aliphatic hydroxyl groups excluding tert-OH is 1. The van der Waals surface area contributed by atoms with Crippen molar-refractivity contribution in [2.75, 3.05) is 13.1 Å². The smallest absolute Gasteiger partial charge is 0.129 e. The van der Waals surface area contributed by atoms with Gasteiger partial charge in [0.05, 0.1) is 17.7 Å². The molecule has 1 aliphatic carbocycles. The van der Waals surface area contributed by atoms with Crippen molar-refractivity contribution in [3.05, 3.63) is 35.1 Å². The maximum atomic E-state index is 13.8. The number of nitrogens with zero attached hydrogens (tertiary/aromatic N) is 2. The van der Waals surface area contributed by atoms with Gasteiger partial charge >= 0.3 is 0 Å². The second-order valence-electron chi connectivity index (χ2n) is 5.68. The van der Waals surface area contributed by atoms with E-state index in [4.69, 9.17) is 5.26 Å². The van der Waals surface area contributed by atoms with E-state index >= 15 is 0 Å². The summed E-state index contributed by atoms with van der Waals surface area (Å²) in [5, 5.41) is 18.6. The molecular formula is C15H17FN2O. The summed E-state index contributed by atoms with van der Waals surface area (Å²) in [6.07, 6.45) is 1.81. The van der Waals surface area contributed by atoms with Crippen LogP contribution in [0, 0.1) is 29.0 Å². The number of hydrogen-bond acceptors (Lipinski definition) is 3. The molecule has 1 saturated heterocycles. The Kier molecular flexibility index (Phi) is 3.26. The molecule has 0 spiro atoms. The molecule has 0 amide bonds. The molecule has 1 saturated carbocycles. The van der Waals surface area contributed by atoms with E-state index in [0.29, 0.717) is 29.5 Å². The van der Waals surface area contributed by atoms with E-state index in [-0.39, 0.29) is 11.9 Å². The summed E-state index contributed by atoms with van der Waals surface area (Å²) in [6, 6.07) is 6.58. The quantitative estimate of drug-likeness (QED) is 0.883. The van der Waals surface area contributed by atoms with Crippen LogP contribution in [0.15, 0.2) is 18.2 Å². The first-order valence-corrected chi connectivity index (χ1v) is 6.76. The Labute approximate surface area is 112 Å². The predicted molar refractivity (Wildman–Crippen MR) is 68.6 cm³/mol. The molecule has 0 aromatic heterocycles. The van der Waals surface area contributed by atoms with Gasteiger partial charge in [-0.05, 0) is 30.9 Å². The Bertz CT molecular complexity index is 525. The number of rotatable bonds is 2. The number of nitriles is 1. The summed E-state index contributed by atoms with van der Waals surface area (Å²) in [5.41, 5.74) is 0.989. The monoisotopic (exact) mass is 260 g/mol. The van der Waals surface area contributed by atoms with Crippen LogP contribution in [0.5, 0.6) is 0 Å². The van der Waals surface area contributed by atoms with Crippen molar-refractivity contribution in [3.63, 3.8) is 0 Å². The van der Waals surface area contributed by atoms with Gasteiger partial charge in [0.25, 0.3) is 0 Å². The fourth-order valence-electron chi connectivity index (χ4n) is 3.44. The number of benzene rings is 1. The number of halogens is 1. The molecule has 2 aliphatic rings. The third-order valence-electron chi connectivity index (χ3n) is 4.47. The van der Waals surface area contributed by atoms with E-state index in [1.165, 1.54) is 6.07 Å². The topological polar surface area (TPSA) is 47.3 Å². The molecule has 1 heterocycles. The third kappa shape index (κ3) is 2.36. The number of hydrogen-bond donors (Lipinski definition) is 1. The van der Waals surface area contributed by atoms with Gasteiger partial charge in [-0.3, -0.25) is 4.90 Å². The molecular weight excluding hydrogens is 243 g/mol. The van der Waals surface area contributed by atoms with Crippen molar-refractivity contribution in [2.24, 2.45) is 11.8 Å². The molecule has 1 aromatic carbocycles. The van der Waals surface area contributed by atoms with Gasteiger partial charge in [0, 0.05) is 31.1 Å². The van der Waals surface area contributed by atoms with Crippen molar-refractivity contribution < 1.29 is 9.50 Å². The molecule has 3 nitrogen and oxygen atoms in total. The molecule has 0 bridgehead atoms. The van der Waals surface area contributed by atoms with Crippen LogP contribution in [0.3, 0.4) is 0 Å². The number of aliphatic hydroxyl groups is 1. The molecule has 1 aromatic rings. The van der Waals surface area contributed by atoms with Gasteiger partial charge in [-0.2, -0.15) is 5.26 Å². The van der Waals surface area contributed by atoms with Crippen molar-refractivity contribution in [2.45, 2.75) is 25.5 Å². The third-order valence-corrected chi connectivity index (χ3v) is 4.47. The lowest BCUT2D eigenvalue weighted by atomic mass is 10.00. The normalized spacial score (nSPS) is 30.3. The van der Waals surface area contributed by atoms with Gasteiger partial charge in [-0.25, -0.2) is 4.39 Å². The standard InChI is InChI=1S/C15H17FN2O/c16-14-5-10(6-17)1-2-12(14)8-18-7-11-3-4-15(19)13(11)9-18/h1-2,5,11,13,15,19H,3-4,7-9H2. The van der Waals surface area contributed by atoms with E-state index in [2.05, 4.69) is 4.90 Å². The average Bonchev–Trinajstić information content (AvgIpc) is 2.94.